The molecule has 26 heavy (non-hydrogen) atoms. The zero-order chi connectivity index (χ0) is 18.6. The molecule has 0 saturated heterocycles. The topological polar surface area (TPSA) is 47.6 Å². The van der Waals surface area contributed by atoms with E-state index in [4.69, 9.17) is 9.47 Å². The summed E-state index contributed by atoms with van der Waals surface area (Å²) in [6.07, 6.45) is 6.07. The third-order valence-electron chi connectivity index (χ3n) is 4.07. The van der Waals surface area contributed by atoms with Gasteiger partial charge in [0.15, 0.2) is 0 Å². The second kappa shape index (κ2) is 11.2. The SMILES string of the molecule is CCCCCCCOc1ccc(C(=O)Nc2ccccc2OCC)cc1. The summed E-state index contributed by atoms with van der Waals surface area (Å²) < 4.78 is 11.3. The van der Waals surface area contributed by atoms with Gasteiger partial charge in [0.05, 0.1) is 18.9 Å². The summed E-state index contributed by atoms with van der Waals surface area (Å²) in [6.45, 7) is 5.40. The van der Waals surface area contributed by atoms with Gasteiger partial charge < -0.3 is 14.8 Å². The van der Waals surface area contributed by atoms with Gasteiger partial charge in [0.25, 0.3) is 5.91 Å². The minimum atomic E-state index is -0.164. The average Bonchev–Trinajstić information content (AvgIpc) is 2.67. The first-order chi connectivity index (χ1) is 12.7. The Balaban J connectivity index is 1.85. The summed E-state index contributed by atoms with van der Waals surface area (Å²) in [5.74, 6) is 1.31. The summed E-state index contributed by atoms with van der Waals surface area (Å²) in [5.41, 5.74) is 1.26. The van der Waals surface area contributed by atoms with Crippen LogP contribution in [0.25, 0.3) is 0 Å². The maximum Gasteiger partial charge on any atom is 0.255 e. The standard InChI is InChI=1S/C22H29NO3/c1-3-5-6-7-10-17-26-19-15-13-18(14-16-19)22(24)23-20-11-8-9-12-21(20)25-4-2/h8-9,11-16H,3-7,10,17H2,1-2H3,(H,23,24). The number of hydrogen-bond acceptors (Lipinski definition) is 3. The lowest BCUT2D eigenvalue weighted by molar-refractivity contribution is 0.102. The Kier molecular flexibility index (Phi) is 8.53. The van der Waals surface area contributed by atoms with Crippen molar-refractivity contribution < 1.29 is 14.3 Å². The number of rotatable bonds is 11. The molecule has 0 aliphatic carbocycles. The second-order valence-electron chi connectivity index (χ2n) is 6.17. The summed E-state index contributed by atoms with van der Waals surface area (Å²) >= 11 is 0. The van der Waals surface area contributed by atoms with Gasteiger partial charge in [-0.3, -0.25) is 4.79 Å². The molecule has 0 radical (unpaired) electrons. The molecule has 0 bridgehead atoms. The molecule has 1 amide bonds. The number of anilines is 1. The Hall–Kier alpha value is -2.49. The lowest BCUT2D eigenvalue weighted by Crippen LogP contribution is -2.12. The summed E-state index contributed by atoms with van der Waals surface area (Å²) in [4.78, 5) is 12.4. The van der Waals surface area contributed by atoms with Gasteiger partial charge in [-0.1, -0.05) is 44.7 Å². The summed E-state index contributed by atoms with van der Waals surface area (Å²) in [6, 6.07) is 14.7. The monoisotopic (exact) mass is 355 g/mol. The van der Waals surface area contributed by atoms with Crippen molar-refractivity contribution in [2.24, 2.45) is 0 Å². The van der Waals surface area contributed by atoms with E-state index in [1.165, 1.54) is 25.7 Å². The Labute approximate surface area is 156 Å². The van der Waals surface area contributed by atoms with Crippen LogP contribution in [0.1, 0.15) is 56.3 Å². The van der Waals surface area contributed by atoms with Crippen LogP contribution in [0.2, 0.25) is 0 Å². The van der Waals surface area contributed by atoms with E-state index < -0.39 is 0 Å². The molecule has 0 saturated carbocycles. The minimum Gasteiger partial charge on any atom is -0.494 e. The lowest BCUT2D eigenvalue weighted by Gasteiger charge is -2.11. The zero-order valence-electron chi connectivity index (χ0n) is 15.8. The molecule has 4 heteroatoms. The van der Waals surface area contributed by atoms with Gasteiger partial charge in [0, 0.05) is 5.56 Å². The fourth-order valence-corrected chi connectivity index (χ4v) is 2.64. The molecule has 1 N–H and O–H groups in total. The predicted molar refractivity (Wildman–Crippen MR) is 106 cm³/mol. The smallest absolute Gasteiger partial charge is 0.255 e. The average molecular weight is 355 g/mol. The highest BCUT2D eigenvalue weighted by Gasteiger charge is 2.09. The molecule has 0 heterocycles. The van der Waals surface area contributed by atoms with Gasteiger partial charge in [-0.15, -0.1) is 0 Å². The van der Waals surface area contributed by atoms with E-state index >= 15 is 0 Å². The summed E-state index contributed by atoms with van der Waals surface area (Å²) in [7, 11) is 0. The molecule has 0 atom stereocenters. The molecule has 0 aliphatic heterocycles. The third-order valence-corrected chi connectivity index (χ3v) is 4.07. The van der Waals surface area contributed by atoms with Gasteiger partial charge >= 0.3 is 0 Å². The molecule has 2 aromatic carbocycles. The van der Waals surface area contributed by atoms with Crippen molar-refractivity contribution in [1.29, 1.82) is 0 Å². The van der Waals surface area contributed by atoms with Crippen molar-refractivity contribution in [2.45, 2.75) is 46.0 Å². The molecular weight excluding hydrogens is 326 g/mol. The Morgan fingerprint density at radius 2 is 1.62 bits per heavy atom. The Bertz CT molecular complexity index is 667. The third kappa shape index (κ3) is 6.43. The molecule has 140 valence electrons. The maximum absolute atomic E-state index is 12.4. The van der Waals surface area contributed by atoms with Crippen LogP contribution in [0.15, 0.2) is 48.5 Å². The normalized spacial score (nSPS) is 10.4. The minimum absolute atomic E-state index is 0.164. The van der Waals surface area contributed by atoms with Crippen molar-refractivity contribution in [3.05, 3.63) is 54.1 Å². The van der Waals surface area contributed by atoms with Crippen LogP contribution in [0.3, 0.4) is 0 Å². The number of nitrogens with one attached hydrogen (secondary N) is 1. The number of amides is 1. The first-order valence-electron chi connectivity index (χ1n) is 9.50. The van der Waals surface area contributed by atoms with Crippen molar-refractivity contribution >= 4 is 11.6 Å². The number of hydrogen-bond donors (Lipinski definition) is 1. The van der Waals surface area contributed by atoms with Crippen LogP contribution in [-0.4, -0.2) is 19.1 Å². The van der Waals surface area contributed by atoms with E-state index in [0.29, 0.717) is 23.6 Å². The van der Waals surface area contributed by atoms with Crippen molar-refractivity contribution in [1.82, 2.24) is 0 Å². The lowest BCUT2D eigenvalue weighted by atomic mass is 10.1. The van der Waals surface area contributed by atoms with Crippen LogP contribution in [0.4, 0.5) is 5.69 Å². The molecule has 4 nitrogen and oxygen atoms in total. The fourth-order valence-electron chi connectivity index (χ4n) is 2.64. The number of carbonyl (C=O) groups excluding carboxylic acids is 1. The van der Waals surface area contributed by atoms with Gasteiger partial charge in [-0.25, -0.2) is 0 Å². The van der Waals surface area contributed by atoms with Gasteiger partial charge in [0.2, 0.25) is 0 Å². The second-order valence-corrected chi connectivity index (χ2v) is 6.17. The molecule has 0 spiro atoms. The highest BCUT2D eigenvalue weighted by atomic mass is 16.5. The van der Waals surface area contributed by atoms with Crippen LogP contribution >= 0.6 is 0 Å². The van der Waals surface area contributed by atoms with Gasteiger partial charge in [-0.05, 0) is 49.7 Å². The molecule has 0 aliphatic rings. The Morgan fingerprint density at radius 3 is 2.35 bits per heavy atom. The molecule has 0 fully saturated rings. The van der Waals surface area contributed by atoms with E-state index in [9.17, 15) is 4.79 Å². The molecule has 0 unspecified atom stereocenters. The van der Waals surface area contributed by atoms with E-state index in [1.807, 2.05) is 43.3 Å². The molecule has 2 rings (SSSR count). The van der Waals surface area contributed by atoms with Gasteiger partial charge in [-0.2, -0.15) is 0 Å². The fraction of sp³-hybridized carbons (Fsp3) is 0.409. The van der Waals surface area contributed by atoms with Crippen molar-refractivity contribution in [3.63, 3.8) is 0 Å². The maximum atomic E-state index is 12.4. The first kappa shape index (κ1) is 19.8. The van der Waals surface area contributed by atoms with E-state index in [0.717, 1.165) is 18.8 Å². The number of benzene rings is 2. The number of para-hydroxylation sites is 2. The number of carbonyl (C=O) groups is 1. The van der Waals surface area contributed by atoms with Gasteiger partial charge in [0.1, 0.15) is 11.5 Å². The number of unbranched alkanes of at least 4 members (excludes halogenated alkanes) is 4. The molecule has 2 aromatic rings. The van der Waals surface area contributed by atoms with Crippen molar-refractivity contribution in [2.75, 3.05) is 18.5 Å². The van der Waals surface area contributed by atoms with Crippen LogP contribution in [0.5, 0.6) is 11.5 Å². The first-order valence-corrected chi connectivity index (χ1v) is 9.50. The van der Waals surface area contributed by atoms with E-state index in [2.05, 4.69) is 12.2 Å². The van der Waals surface area contributed by atoms with Crippen LogP contribution < -0.4 is 14.8 Å². The molecule has 0 aromatic heterocycles. The predicted octanol–water partition coefficient (Wildman–Crippen LogP) is 5.69. The zero-order valence-corrected chi connectivity index (χ0v) is 15.8. The van der Waals surface area contributed by atoms with Crippen LogP contribution in [-0.2, 0) is 0 Å². The van der Waals surface area contributed by atoms with E-state index in [-0.39, 0.29) is 5.91 Å². The number of ether oxygens (including phenoxy) is 2. The highest BCUT2D eigenvalue weighted by molar-refractivity contribution is 6.05. The summed E-state index contributed by atoms with van der Waals surface area (Å²) in [5, 5.41) is 2.90. The van der Waals surface area contributed by atoms with E-state index in [1.54, 1.807) is 12.1 Å². The largest absolute Gasteiger partial charge is 0.494 e. The quantitative estimate of drug-likeness (QED) is 0.527. The molecular formula is C22H29NO3. The Morgan fingerprint density at radius 1 is 0.885 bits per heavy atom. The van der Waals surface area contributed by atoms with Crippen LogP contribution in [0, 0.1) is 0 Å². The highest BCUT2D eigenvalue weighted by Crippen LogP contribution is 2.24. The van der Waals surface area contributed by atoms with Crippen molar-refractivity contribution in [3.8, 4) is 11.5 Å².